The molecule has 1 fully saturated rings. The van der Waals surface area contributed by atoms with E-state index >= 15 is 0 Å². The molecule has 0 aliphatic carbocycles. The van der Waals surface area contributed by atoms with Gasteiger partial charge in [0.25, 0.3) is 0 Å². The molecule has 32 heavy (non-hydrogen) atoms. The standard InChI is InChI=1S/C23H31N3O5S/c1-18-16-20(8-9-22(18)30-2)32(28,29)25-21(17-19-6-4-3-5-7-19)23(27)24-10-11-26-12-14-31-15-13-26/h3-9,16,21,25H,10-15,17H2,1-2H3,(H,24,27)/t21-/m1/s1. The second kappa shape index (κ2) is 11.4. The number of carbonyl (C=O) groups excluding carboxylic acids is 1. The molecule has 2 aromatic rings. The van der Waals surface area contributed by atoms with Gasteiger partial charge in [-0.2, -0.15) is 4.72 Å². The van der Waals surface area contributed by atoms with E-state index in [0.717, 1.165) is 18.7 Å². The second-order valence-corrected chi connectivity index (χ2v) is 9.45. The molecule has 0 radical (unpaired) electrons. The lowest BCUT2D eigenvalue weighted by Gasteiger charge is -2.27. The highest BCUT2D eigenvalue weighted by molar-refractivity contribution is 7.89. The molecule has 2 N–H and O–H groups in total. The number of methoxy groups -OCH3 is 1. The van der Waals surface area contributed by atoms with Crippen molar-refractivity contribution in [2.24, 2.45) is 0 Å². The molecule has 1 atom stereocenters. The van der Waals surface area contributed by atoms with Crippen LogP contribution in [0.5, 0.6) is 5.75 Å². The zero-order chi connectivity index (χ0) is 23.0. The number of hydrogen-bond donors (Lipinski definition) is 2. The molecule has 2 aromatic carbocycles. The van der Waals surface area contributed by atoms with E-state index in [1.807, 2.05) is 30.3 Å². The van der Waals surface area contributed by atoms with Crippen LogP contribution in [0.1, 0.15) is 11.1 Å². The lowest BCUT2D eigenvalue weighted by molar-refractivity contribution is -0.122. The lowest BCUT2D eigenvalue weighted by atomic mass is 10.1. The number of morpholine rings is 1. The van der Waals surface area contributed by atoms with Crippen molar-refractivity contribution in [1.29, 1.82) is 0 Å². The van der Waals surface area contributed by atoms with E-state index in [0.29, 0.717) is 37.6 Å². The molecular formula is C23H31N3O5S. The summed E-state index contributed by atoms with van der Waals surface area (Å²) in [6, 6.07) is 13.0. The summed E-state index contributed by atoms with van der Waals surface area (Å²) in [5, 5.41) is 2.89. The Morgan fingerprint density at radius 1 is 1.16 bits per heavy atom. The highest BCUT2D eigenvalue weighted by Crippen LogP contribution is 2.21. The molecule has 0 aromatic heterocycles. The molecule has 1 amide bonds. The number of benzene rings is 2. The van der Waals surface area contributed by atoms with Gasteiger partial charge in [0.2, 0.25) is 15.9 Å². The van der Waals surface area contributed by atoms with Crippen LogP contribution in [-0.4, -0.2) is 71.8 Å². The summed E-state index contributed by atoms with van der Waals surface area (Å²) in [4.78, 5) is 15.3. The number of nitrogens with zero attached hydrogens (tertiary/aromatic N) is 1. The van der Waals surface area contributed by atoms with E-state index in [4.69, 9.17) is 9.47 Å². The number of hydrogen-bond acceptors (Lipinski definition) is 6. The topological polar surface area (TPSA) is 97.0 Å². The second-order valence-electron chi connectivity index (χ2n) is 7.74. The number of amides is 1. The summed E-state index contributed by atoms with van der Waals surface area (Å²) in [5.41, 5.74) is 1.57. The fraction of sp³-hybridized carbons (Fsp3) is 0.435. The van der Waals surface area contributed by atoms with Gasteiger partial charge in [0, 0.05) is 26.2 Å². The maximum atomic E-state index is 13.1. The lowest BCUT2D eigenvalue weighted by Crippen LogP contribution is -2.49. The summed E-state index contributed by atoms with van der Waals surface area (Å²) >= 11 is 0. The number of nitrogens with one attached hydrogen (secondary N) is 2. The maximum absolute atomic E-state index is 13.1. The van der Waals surface area contributed by atoms with Gasteiger partial charge < -0.3 is 14.8 Å². The fourth-order valence-corrected chi connectivity index (χ4v) is 4.88. The van der Waals surface area contributed by atoms with Gasteiger partial charge in [-0.15, -0.1) is 0 Å². The van der Waals surface area contributed by atoms with Gasteiger partial charge >= 0.3 is 0 Å². The van der Waals surface area contributed by atoms with Gasteiger partial charge in [-0.05, 0) is 42.7 Å². The van der Waals surface area contributed by atoms with Crippen LogP contribution in [0.25, 0.3) is 0 Å². The third kappa shape index (κ3) is 6.77. The Morgan fingerprint density at radius 3 is 2.53 bits per heavy atom. The van der Waals surface area contributed by atoms with E-state index in [1.54, 1.807) is 13.0 Å². The molecule has 0 bridgehead atoms. The van der Waals surface area contributed by atoms with Gasteiger partial charge in [0.15, 0.2) is 0 Å². The third-order valence-electron chi connectivity index (χ3n) is 5.40. The minimum absolute atomic E-state index is 0.0926. The van der Waals surface area contributed by atoms with Crippen LogP contribution in [0.3, 0.4) is 0 Å². The zero-order valence-electron chi connectivity index (χ0n) is 18.5. The predicted molar refractivity (Wildman–Crippen MR) is 122 cm³/mol. The summed E-state index contributed by atoms with van der Waals surface area (Å²) in [7, 11) is -2.38. The molecule has 174 valence electrons. The van der Waals surface area contributed by atoms with E-state index in [-0.39, 0.29) is 17.2 Å². The van der Waals surface area contributed by atoms with Gasteiger partial charge in [0.05, 0.1) is 25.2 Å². The van der Waals surface area contributed by atoms with Crippen LogP contribution in [0, 0.1) is 6.92 Å². The molecule has 8 nitrogen and oxygen atoms in total. The van der Waals surface area contributed by atoms with E-state index < -0.39 is 16.1 Å². The first-order valence-electron chi connectivity index (χ1n) is 10.7. The van der Waals surface area contributed by atoms with Crippen molar-refractivity contribution in [2.75, 3.05) is 46.5 Å². The van der Waals surface area contributed by atoms with Crippen molar-refractivity contribution >= 4 is 15.9 Å². The van der Waals surface area contributed by atoms with Crippen molar-refractivity contribution in [3.63, 3.8) is 0 Å². The normalized spacial score (nSPS) is 15.8. The first-order valence-corrected chi connectivity index (χ1v) is 12.2. The molecule has 0 unspecified atom stereocenters. The number of sulfonamides is 1. The van der Waals surface area contributed by atoms with Gasteiger partial charge in [-0.3, -0.25) is 9.69 Å². The Balaban J connectivity index is 1.71. The van der Waals surface area contributed by atoms with Crippen LogP contribution in [0.4, 0.5) is 0 Å². The van der Waals surface area contributed by atoms with Crippen molar-refractivity contribution in [1.82, 2.24) is 14.9 Å². The summed E-state index contributed by atoms with van der Waals surface area (Å²) in [6.07, 6.45) is 0.249. The molecule has 1 saturated heterocycles. The van der Waals surface area contributed by atoms with Crippen molar-refractivity contribution in [3.05, 3.63) is 59.7 Å². The molecule has 0 saturated carbocycles. The van der Waals surface area contributed by atoms with Crippen LogP contribution in [0.15, 0.2) is 53.4 Å². The Bertz CT molecular complexity index is 992. The van der Waals surface area contributed by atoms with Gasteiger partial charge in [-0.1, -0.05) is 30.3 Å². The maximum Gasteiger partial charge on any atom is 0.241 e. The van der Waals surface area contributed by atoms with Gasteiger partial charge in [-0.25, -0.2) is 8.42 Å². The van der Waals surface area contributed by atoms with Crippen molar-refractivity contribution in [2.45, 2.75) is 24.3 Å². The Morgan fingerprint density at radius 2 is 1.88 bits per heavy atom. The van der Waals surface area contributed by atoms with Crippen LogP contribution in [-0.2, 0) is 26.0 Å². The van der Waals surface area contributed by atoms with Crippen molar-refractivity contribution < 1.29 is 22.7 Å². The third-order valence-corrected chi connectivity index (χ3v) is 6.87. The first kappa shape index (κ1) is 24.2. The first-order chi connectivity index (χ1) is 15.4. The number of ether oxygens (including phenoxy) is 2. The molecule has 1 heterocycles. The Hall–Kier alpha value is -2.46. The fourth-order valence-electron chi connectivity index (χ4n) is 3.60. The molecule has 9 heteroatoms. The Kier molecular flexibility index (Phi) is 8.63. The zero-order valence-corrected chi connectivity index (χ0v) is 19.4. The van der Waals surface area contributed by atoms with Crippen molar-refractivity contribution in [3.8, 4) is 5.75 Å². The summed E-state index contributed by atoms with van der Waals surface area (Å²) < 4.78 is 39.3. The minimum Gasteiger partial charge on any atom is -0.496 e. The van der Waals surface area contributed by atoms with Crippen LogP contribution < -0.4 is 14.8 Å². The molecule has 1 aliphatic rings. The average Bonchev–Trinajstić information content (AvgIpc) is 2.80. The van der Waals surface area contributed by atoms with E-state index in [1.165, 1.54) is 19.2 Å². The highest BCUT2D eigenvalue weighted by atomic mass is 32.2. The predicted octanol–water partition coefficient (Wildman–Crippen LogP) is 1.34. The summed E-state index contributed by atoms with van der Waals surface area (Å²) in [5.74, 6) is 0.251. The number of carbonyl (C=O) groups is 1. The molecule has 1 aliphatic heterocycles. The van der Waals surface area contributed by atoms with Crippen LogP contribution >= 0.6 is 0 Å². The monoisotopic (exact) mass is 461 g/mol. The SMILES string of the molecule is COc1ccc(S(=O)(=O)N[C@H](Cc2ccccc2)C(=O)NCCN2CCOCC2)cc1C. The number of rotatable bonds is 10. The Labute approximate surface area is 190 Å². The highest BCUT2D eigenvalue weighted by Gasteiger charge is 2.26. The quantitative estimate of drug-likeness (QED) is 0.554. The van der Waals surface area contributed by atoms with Crippen LogP contribution in [0.2, 0.25) is 0 Å². The number of aryl methyl sites for hydroxylation is 1. The summed E-state index contributed by atoms with van der Waals surface area (Å²) in [6.45, 7) is 5.93. The van der Waals surface area contributed by atoms with Gasteiger partial charge in [0.1, 0.15) is 11.8 Å². The molecule has 0 spiro atoms. The van der Waals surface area contributed by atoms with E-state index in [2.05, 4.69) is 14.9 Å². The molecule has 3 rings (SSSR count). The minimum atomic E-state index is -3.91. The molecular weight excluding hydrogens is 430 g/mol. The van der Waals surface area contributed by atoms with E-state index in [9.17, 15) is 13.2 Å². The smallest absolute Gasteiger partial charge is 0.241 e. The largest absolute Gasteiger partial charge is 0.496 e. The average molecular weight is 462 g/mol.